The summed E-state index contributed by atoms with van der Waals surface area (Å²) in [6, 6.07) is 4.21. The molecule has 4 heterocycles. The number of methoxy groups -OCH3 is 1. The molecule has 2 fully saturated rings. The first-order chi connectivity index (χ1) is 15.2. The van der Waals surface area contributed by atoms with E-state index in [2.05, 4.69) is 32.0 Å². The third-order valence-corrected chi connectivity index (χ3v) is 8.47. The van der Waals surface area contributed by atoms with Gasteiger partial charge in [-0.15, -0.1) is 0 Å². The molecule has 8 heteroatoms. The Morgan fingerprint density at radius 1 is 1.16 bits per heavy atom. The third kappa shape index (κ3) is 3.97. The Kier molecular flexibility index (Phi) is 5.95. The fourth-order valence-electron chi connectivity index (χ4n) is 5.75. The van der Waals surface area contributed by atoms with Gasteiger partial charge in [0.15, 0.2) is 10.7 Å². The highest BCUT2D eigenvalue weighted by molar-refractivity contribution is 7.73. The highest BCUT2D eigenvalue weighted by atomic mass is 32.2. The van der Waals surface area contributed by atoms with Gasteiger partial charge in [-0.25, -0.2) is 13.4 Å². The Hall–Kier alpha value is -2.03. The Morgan fingerprint density at radius 2 is 2.00 bits per heavy atom. The van der Waals surface area contributed by atoms with Crippen LogP contribution < -0.4 is 0 Å². The van der Waals surface area contributed by atoms with Crippen molar-refractivity contribution in [3.63, 3.8) is 0 Å². The second kappa shape index (κ2) is 8.84. The maximum absolute atomic E-state index is 12.3. The molecule has 1 aliphatic heterocycles. The summed E-state index contributed by atoms with van der Waals surface area (Å²) < 4.78 is 30.1. The number of hydrogen-bond donors (Lipinski definition) is 2. The van der Waals surface area contributed by atoms with Gasteiger partial charge in [0.1, 0.15) is 11.0 Å². The molecule has 166 valence electrons. The van der Waals surface area contributed by atoms with Crippen LogP contribution in [0.1, 0.15) is 50.0 Å². The number of pyridine rings is 2. The van der Waals surface area contributed by atoms with Gasteiger partial charge >= 0.3 is 0 Å². The Balaban J connectivity index is 1.37. The van der Waals surface area contributed by atoms with Crippen LogP contribution in [0.25, 0.3) is 21.9 Å². The van der Waals surface area contributed by atoms with Crippen molar-refractivity contribution in [2.75, 3.05) is 20.2 Å². The molecule has 3 aromatic heterocycles. The quantitative estimate of drug-likeness (QED) is 0.589. The van der Waals surface area contributed by atoms with Crippen molar-refractivity contribution in [3.8, 4) is 0 Å². The lowest BCUT2D eigenvalue weighted by molar-refractivity contribution is 0.0156. The number of hydrogen-bond acceptors (Lipinski definition) is 6. The molecule has 0 bridgehead atoms. The molecular weight excluding hydrogens is 412 g/mol. The van der Waals surface area contributed by atoms with Crippen molar-refractivity contribution in [1.29, 1.82) is 0 Å². The highest BCUT2D eigenvalue weighted by Crippen LogP contribution is 2.41. The summed E-state index contributed by atoms with van der Waals surface area (Å²) in [5.41, 5.74) is 3.12. The molecule has 31 heavy (non-hydrogen) atoms. The molecule has 0 radical (unpaired) electrons. The minimum Gasteiger partial charge on any atom is -0.380 e. The summed E-state index contributed by atoms with van der Waals surface area (Å²) in [7, 11) is -0.776. The number of thiol groups is 1. The van der Waals surface area contributed by atoms with Crippen molar-refractivity contribution >= 4 is 32.6 Å². The predicted molar refractivity (Wildman–Crippen MR) is 122 cm³/mol. The molecule has 1 N–H and O–H groups in total. The number of aromatic nitrogens is 3. The zero-order chi connectivity index (χ0) is 21.4. The van der Waals surface area contributed by atoms with E-state index in [-0.39, 0.29) is 17.4 Å². The molecular formula is C23H30N4O3S. The second-order valence-electron chi connectivity index (χ2n) is 8.96. The molecule has 2 aliphatic rings. The number of H-pyrrole nitrogens is 1. The van der Waals surface area contributed by atoms with Crippen molar-refractivity contribution in [2.45, 2.75) is 55.9 Å². The maximum atomic E-state index is 12.3. The van der Waals surface area contributed by atoms with Crippen LogP contribution in [0.5, 0.6) is 0 Å². The summed E-state index contributed by atoms with van der Waals surface area (Å²) in [5, 5.41) is 1.92. The summed E-state index contributed by atoms with van der Waals surface area (Å²) in [5.74, 6) is 0.607. The van der Waals surface area contributed by atoms with E-state index in [1.54, 1.807) is 7.11 Å². The van der Waals surface area contributed by atoms with E-state index in [9.17, 15) is 8.42 Å². The van der Waals surface area contributed by atoms with Crippen LogP contribution in [0.3, 0.4) is 0 Å². The number of aromatic amines is 1. The van der Waals surface area contributed by atoms with Gasteiger partial charge in [-0.2, -0.15) is 0 Å². The molecule has 0 spiro atoms. The van der Waals surface area contributed by atoms with Crippen LogP contribution in [0, 0.1) is 5.92 Å². The van der Waals surface area contributed by atoms with Crippen LogP contribution in [0.4, 0.5) is 0 Å². The van der Waals surface area contributed by atoms with Crippen molar-refractivity contribution in [2.24, 2.45) is 5.92 Å². The molecule has 2 unspecified atom stereocenters. The summed E-state index contributed by atoms with van der Waals surface area (Å²) in [6.45, 7) is 1.57. The normalized spacial score (nSPS) is 26.6. The van der Waals surface area contributed by atoms with Gasteiger partial charge in [0.05, 0.1) is 17.8 Å². The summed E-state index contributed by atoms with van der Waals surface area (Å²) in [6.07, 6.45) is 11.6. The first-order valence-corrected chi connectivity index (χ1v) is 12.5. The summed E-state index contributed by atoms with van der Waals surface area (Å²) >= 11 is 0. The number of piperidine rings is 1. The number of nitrogens with one attached hydrogen (secondary N) is 1. The van der Waals surface area contributed by atoms with Gasteiger partial charge in [-0.3, -0.25) is 9.88 Å². The average Bonchev–Trinajstić information content (AvgIpc) is 3.28. The molecule has 5 rings (SSSR count). The molecule has 1 saturated carbocycles. The molecule has 3 aromatic rings. The Labute approximate surface area is 184 Å². The first kappa shape index (κ1) is 20.8. The van der Waals surface area contributed by atoms with Gasteiger partial charge in [-0.1, -0.05) is 0 Å². The fourth-order valence-corrected chi connectivity index (χ4v) is 6.87. The molecule has 0 aromatic carbocycles. The van der Waals surface area contributed by atoms with Gasteiger partial charge in [0.2, 0.25) is 0 Å². The van der Waals surface area contributed by atoms with Crippen molar-refractivity contribution in [1.82, 2.24) is 19.9 Å². The smallest absolute Gasteiger partial charge is 0.156 e. The number of ether oxygens (including phenoxy) is 1. The number of fused-ring (bicyclic) bond motifs is 3. The van der Waals surface area contributed by atoms with Crippen LogP contribution >= 0.6 is 0 Å². The van der Waals surface area contributed by atoms with E-state index >= 15 is 0 Å². The largest absolute Gasteiger partial charge is 0.380 e. The number of likely N-dealkylation sites (tertiary alicyclic amines) is 1. The fraction of sp³-hybridized carbons (Fsp3) is 0.565. The van der Waals surface area contributed by atoms with E-state index < -0.39 is 10.7 Å². The van der Waals surface area contributed by atoms with Crippen molar-refractivity contribution < 1.29 is 13.2 Å². The second-order valence-corrected chi connectivity index (χ2v) is 10.1. The van der Waals surface area contributed by atoms with E-state index in [0.717, 1.165) is 68.2 Å². The lowest BCUT2D eigenvalue weighted by Gasteiger charge is -2.40. The predicted octanol–water partition coefficient (Wildman–Crippen LogP) is 3.43. The van der Waals surface area contributed by atoms with E-state index in [4.69, 9.17) is 4.74 Å². The molecule has 7 nitrogen and oxygen atoms in total. The average molecular weight is 443 g/mol. The van der Waals surface area contributed by atoms with Crippen molar-refractivity contribution in [3.05, 3.63) is 36.3 Å². The van der Waals surface area contributed by atoms with Crippen LogP contribution in [-0.2, 0) is 15.4 Å². The van der Waals surface area contributed by atoms with Crippen LogP contribution in [-0.4, -0.2) is 59.9 Å². The van der Waals surface area contributed by atoms with Gasteiger partial charge in [-0.05, 0) is 74.6 Å². The lowest BCUT2D eigenvalue weighted by Crippen LogP contribution is -2.49. The number of nitrogens with zero attached hydrogens (tertiary/aromatic N) is 3. The third-order valence-electron chi connectivity index (χ3n) is 7.29. The molecule has 2 atom stereocenters. The minimum atomic E-state index is -2.50. The van der Waals surface area contributed by atoms with E-state index in [1.807, 2.05) is 18.6 Å². The SMILES string of the molecule is COC1CCCN(C(C2CCC(c3ccnc4cnc5[nH]ccc5c34)CC2)[SH](=O)=O)C1. The zero-order valence-electron chi connectivity index (χ0n) is 17.9. The van der Waals surface area contributed by atoms with Gasteiger partial charge in [0, 0.05) is 36.8 Å². The van der Waals surface area contributed by atoms with Crippen LogP contribution in [0.2, 0.25) is 0 Å². The Bertz CT molecular complexity index is 1130. The zero-order valence-corrected chi connectivity index (χ0v) is 18.8. The first-order valence-electron chi connectivity index (χ1n) is 11.3. The standard InChI is InChI=1S/C23H30N4O3S/c1-30-17-3-2-12-27(14-17)23(31(28)29)16-6-4-15(5-7-16)18-8-10-24-20-13-26-22-19(21(18)20)9-11-25-22/h8-11,13,15-17,23,31H,2-7,12,14H2,1H3,(H,25,26). The van der Waals surface area contributed by atoms with E-state index in [1.165, 1.54) is 10.9 Å². The van der Waals surface area contributed by atoms with Gasteiger partial charge in [0.25, 0.3) is 0 Å². The molecule has 1 saturated heterocycles. The monoisotopic (exact) mass is 442 g/mol. The maximum Gasteiger partial charge on any atom is 0.156 e. The summed E-state index contributed by atoms with van der Waals surface area (Å²) in [4.78, 5) is 14.4. The number of rotatable bonds is 5. The Morgan fingerprint density at radius 3 is 2.77 bits per heavy atom. The topological polar surface area (TPSA) is 88.2 Å². The minimum absolute atomic E-state index is 0.142. The highest BCUT2D eigenvalue weighted by Gasteiger charge is 2.36. The molecule has 1 aliphatic carbocycles. The molecule has 0 amide bonds. The van der Waals surface area contributed by atoms with Crippen LogP contribution in [0.15, 0.2) is 30.7 Å². The lowest BCUT2D eigenvalue weighted by atomic mass is 9.77. The van der Waals surface area contributed by atoms with Gasteiger partial charge < -0.3 is 9.72 Å². The van der Waals surface area contributed by atoms with E-state index in [0.29, 0.717) is 5.92 Å².